The number of imide groups is 2. The summed E-state index contributed by atoms with van der Waals surface area (Å²) in [5.41, 5.74) is 0.933. The molecule has 20 heteroatoms. The average molecular weight is 981 g/mol. The van der Waals surface area contributed by atoms with Crippen LogP contribution in [0.2, 0.25) is 0 Å². The number of nitro groups is 2. The molecular formula is C32H30Cl4N6O8Pd2. The molecule has 2 heterocycles. The molecule has 52 heavy (non-hydrogen) atoms. The number of carbonyl (C=O) groups excluding carboxylic acids is 4. The Hall–Kier alpha value is -3.12. The van der Waals surface area contributed by atoms with Crippen molar-refractivity contribution in [2.45, 2.75) is 0 Å². The Morgan fingerprint density at radius 1 is 0.538 bits per heavy atom. The summed E-state index contributed by atoms with van der Waals surface area (Å²) in [4.78, 5) is 77.7. The van der Waals surface area contributed by atoms with E-state index in [1.807, 2.05) is 38.0 Å². The standard InChI is InChI=1S/2C16H15N3O4.4ClH.2Pd/c2*1-17(2)6-7-18-15(20)12-5-3-4-10-8-11(19(22)23)9-13(14(10)12)16(18)21;;;;;;/h2*3-5,8-9H,6-7H2,1-2H3;4*1H;;/q;;;;;;2*+2/p-4. The van der Waals surface area contributed by atoms with Crippen molar-refractivity contribution in [3.63, 3.8) is 0 Å². The Morgan fingerprint density at radius 2 is 0.846 bits per heavy atom. The Kier molecular flexibility index (Phi) is 20.5. The summed E-state index contributed by atoms with van der Waals surface area (Å²) < 4.78 is 0. The largest absolute Gasteiger partial charge is 2.00 e. The molecule has 0 N–H and O–H groups in total. The Bertz CT molecular complexity index is 1860. The minimum atomic E-state index is -0.531. The van der Waals surface area contributed by atoms with E-state index in [1.165, 1.54) is 24.3 Å². The fraction of sp³-hybridized carbons (Fsp3) is 0.250. The van der Waals surface area contributed by atoms with Crippen LogP contribution < -0.4 is 49.6 Å². The number of nitro benzene ring substituents is 2. The maximum absolute atomic E-state index is 12.7. The van der Waals surface area contributed by atoms with Crippen molar-refractivity contribution in [3.8, 4) is 0 Å². The minimum Gasteiger partial charge on any atom is -1.00 e. The molecule has 2 aliphatic rings. The first-order valence-corrected chi connectivity index (χ1v) is 14.2. The molecule has 0 radical (unpaired) electrons. The van der Waals surface area contributed by atoms with Crippen LogP contribution in [0.5, 0.6) is 0 Å². The normalized spacial score (nSPS) is 12.3. The number of benzene rings is 4. The zero-order valence-electron chi connectivity index (χ0n) is 27.7. The van der Waals surface area contributed by atoms with Gasteiger partial charge in [-0.3, -0.25) is 49.2 Å². The molecule has 0 saturated carbocycles. The number of hydrogen-bond acceptors (Lipinski definition) is 10. The number of non-ortho nitro benzene ring substituents is 2. The molecule has 0 aliphatic carbocycles. The molecule has 284 valence electrons. The summed E-state index contributed by atoms with van der Waals surface area (Å²) in [6.45, 7) is 1.53. The minimum absolute atomic E-state index is 0. The summed E-state index contributed by atoms with van der Waals surface area (Å²) in [6.07, 6.45) is 0. The van der Waals surface area contributed by atoms with E-state index in [2.05, 4.69) is 0 Å². The second-order valence-corrected chi connectivity index (χ2v) is 11.4. The van der Waals surface area contributed by atoms with Crippen molar-refractivity contribution in [2.75, 3.05) is 54.4 Å². The molecule has 4 aromatic carbocycles. The van der Waals surface area contributed by atoms with E-state index >= 15 is 0 Å². The van der Waals surface area contributed by atoms with Gasteiger partial charge in [0.2, 0.25) is 0 Å². The van der Waals surface area contributed by atoms with Gasteiger partial charge in [-0.25, -0.2) is 0 Å². The molecule has 4 aromatic rings. The number of nitrogens with zero attached hydrogens (tertiary/aromatic N) is 6. The summed E-state index contributed by atoms with van der Waals surface area (Å²) in [5.74, 6) is -1.68. The molecule has 6 rings (SSSR count). The first-order chi connectivity index (χ1) is 21.8. The van der Waals surface area contributed by atoms with Gasteiger partial charge in [0, 0.05) is 72.3 Å². The third-order valence-electron chi connectivity index (χ3n) is 7.79. The van der Waals surface area contributed by atoms with Gasteiger partial charge in [0.1, 0.15) is 0 Å². The molecule has 14 nitrogen and oxygen atoms in total. The van der Waals surface area contributed by atoms with Gasteiger partial charge in [0.25, 0.3) is 35.0 Å². The third kappa shape index (κ3) is 10.1. The average Bonchev–Trinajstić information content (AvgIpc) is 3.01. The number of carbonyl (C=O) groups is 4. The van der Waals surface area contributed by atoms with Crippen molar-refractivity contribution in [1.29, 1.82) is 0 Å². The van der Waals surface area contributed by atoms with Crippen LogP contribution >= 0.6 is 0 Å². The Balaban J connectivity index is 0. The van der Waals surface area contributed by atoms with Crippen LogP contribution in [0.1, 0.15) is 41.4 Å². The van der Waals surface area contributed by atoms with Gasteiger partial charge in [-0.2, -0.15) is 0 Å². The van der Waals surface area contributed by atoms with Crippen LogP contribution in [0.4, 0.5) is 11.4 Å². The van der Waals surface area contributed by atoms with Crippen LogP contribution in [0.25, 0.3) is 21.5 Å². The van der Waals surface area contributed by atoms with Crippen molar-refractivity contribution in [2.24, 2.45) is 0 Å². The predicted octanol–water partition coefficient (Wildman–Crippen LogP) is -8.18. The molecule has 0 aromatic heterocycles. The van der Waals surface area contributed by atoms with E-state index < -0.39 is 21.7 Å². The zero-order valence-corrected chi connectivity index (χ0v) is 33.8. The van der Waals surface area contributed by atoms with Gasteiger partial charge >= 0.3 is 40.8 Å². The maximum atomic E-state index is 12.7. The summed E-state index contributed by atoms with van der Waals surface area (Å²) in [6, 6.07) is 15.3. The molecule has 4 amide bonds. The summed E-state index contributed by atoms with van der Waals surface area (Å²) >= 11 is 0. The van der Waals surface area contributed by atoms with Crippen molar-refractivity contribution >= 4 is 56.5 Å². The smallest absolute Gasteiger partial charge is 1.00 e. The zero-order chi connectivity index (χ0) is 33.4. The van der Waals surface area contributed by atoms with Gasteiger partial charge in [-0.1, -0.05) is 24.3 Å². The molecule has 0 atom stereocenters. The Morgan fingerprint density at radius 3 is 1.13 bits per heavy atom. The molecule has 0 spiro atoms. The van der Waals surface area contributed by atoms with E-state index in [0.717, 1.165) is 9.80 Å². The summed E-state index contributed by atoms with van der Waals surface area (Å²) in [5, 5.41) is 24.2. The quantitative estimate of drug-likeness (QED) is 0.0717. The molecule has 2 aliphatic heterocycles. The Labute approximate surface area is 350 Å². The van der Waals surface area contributed by atoms with Crippen LogP contribution in [-0.4, -0.2) is 107 Å². The number of halogens is 4. The predicted molar refractivity (Wildman–Crippen MR) is 169 cm³/mol. The van der Waals surface area contributed by atoms with Crippen molar-refractivity contribution in [3.05, 3.63) is 103 Å². The molecular weight excluding hydrogens is 951 g/mol. The number of likely N-dealkylation sites (N-methyl/N-ethyl adjacent to an activating group) is 2. The van der Waals surface area contributed by atoms with Gasteiger partial charge in [0.15, 0.2) is 0 Å². The fourth-order valence-electron chi connectivity index (χ4n) is 5.50. The van der Waals surface area contributed by atoms with E-state index in [-0.39, 0.29) is 138 Å². The number of hydrogen-bond donors (Lipinski definition) is 0. The molecule has 0 saturated heterocycles. The van der Waals surface area contributed by atoms with Crippen molar-refractivity contribution in [1.82, 2.24) is 19.6 Å². The van der Waals surface area contributed by atoms with Gasteiger partial charge in [0.05, 0.1) is 21.0 Å². The van der Waals surface area contributed by atoms with Crippen LogP contribution in [-0.2, 0) is 40.8 Å². The number of rotatable bonds is 8. The topological polar surface area (TPSA) is 168 Å². The van der Waals surface area contributed by atoms with E-state index in [4.69, 9.17) is 0 Å². The van der Waals surface area contributed by atoms with E-state index in [9.17, 15) is 39.4 Å². The SMILES string of the molecule is CN(C)CCN1C(=O)c2cccc3cc([N+](=O)[O-])cc(c23)C1=O.CN(C)CCN1C(=O)c2cccc3cc([N+](=O)[O-])cc(c23)C1=O.[Cl-].[Cl-].[Cl-].[Cl-].[Pd+2].[Pd+2]. The van der Waals surface area contributed by atoms with E-state index in [0.29, 0.717) is 45.8 Å². The van der Waals surface area contributed by atoms with Crippen LogP contribution in [0, 0.1) is 20.2 Å². The monoisotopic (exact) mass is 978 g/mol. The van der Waals surface area contributed by atoms with Gasteiger partial charge < -0.3 is 59.4 Å². The van der Waals surface area contributed by atoms with E-state index in [1.54, 1.807) is 36.4 Å². The summed E-state index contributed by atoms with van der Waals surface area (Å²) in [7, 11) is 7.38. The first kappa shape index (κ1) is 51.0. The second kappa shape index (κ2) is 20.9. The number of amides is 4. The first-order valence-electron chi connectivity index (χ1n) is 14.2. The molecule has 0 bridgehead atoms. The van der Waals surface area contributed by atoms with Crippen LogP contribution in [0.15, 0.2) is 60.7 Å². The van der Waals surface area contributed by atoms with Gasteiger partial charge in [-0.15, -0.1) is 0 Å². The van der Waals surface area contributed by atoms with Gasteiger partial charge in [-0.05, 0) is 51.1 Å². The maximum Gasteiger partial charge on any atom is 2.00 e. The van der Waals surface area contributed by atoms with Crippen LogP contribution in [0.3, 0.4) is 0 Å². The molecule has 0 fully saturated rings. The fourth-order valence-corrected chi connectivity index (χ4v) is 5.50. The third-order valence-corrected chi connectivity index (χ3v) is 7.79. The second-order valence-electron chi connectivity index (χ2n) is 11.4. The van der Waals surface area contributed by atoms with Crippen molar-refractivity contribution < 1.29 is 119 Å². The molecule has 0 unspecified atom stereocenters.